The number of carbonyl (C=O) groups excluding carboxylic acids is 1. The summed E-state index contributed by atoms with van der Waals surface area (Å²) in [6.07, 6.45) is 2.18. The fraction of sp³-hybridized carbons (Fsp3) is 0.450. The van der Waals surface area contributed by atoms with Crippen LogP contribution in [0, 0.1) is 0 Å². The number of hydrogen-bond donors (Lipinski definition) is 2. The molecule has 2 aromatic rings. The van der Waals surface area contributed by atoms with Gasteiger partial charge in [-0.25, -0.2) is 4.79 Å². The Labute approximate surface area is 158 Å². The number of nitrogens with one attached hydrogen (secondary N) is 1. The maximum Gasteiger partial charge on any atom is 0.330 e. The van der Waals surface area contributed by atoms with Crippen LogP contribution < -0.4 is 10.1 Å². The Balaban J connectivity index is 1.85. The minimum Gasteiger partial charge on any atom is -0.497 e. The first-order valence-electron chi connectivity index (χ1n) is 8.98. The van der Waals surface area contributed by atoms with Crippen LogP contribution in [0.25, 0.3) is 0 Å². The van der Waals surface area contributed by atoms with Gasteiger partial charge in [-0.15, -0.1) is 0 Å². The Kier molecular flexibility index (Phi) is 4.95. The van der Waals surface area contributed by atoms with Crippen molar-refractivity contribution >= 4 is 11.9 Å². The highest BCUT2D eigenvalue weighted by Gasteiger charge is 2.33. The predicted octanol–water partition coefficient (Wildman–Crippen LogP) is 3.08. The van der Waals surface area contributed by atoms with Crippen molar-refractivity contribution in [1.82, 2.24) is 15.1 Å². The van der Waals surface area contributed by atoms with Crippen LogP contribution in [-0.2, 0) is 10.3 Å². The van der Waals surface area contributed by atoms with Gasteiger partial charge in [0.25, 0.3) is 5.91 Å². The average Bonchev–Trinajstić information content (AvgIpc) is 3.36. The Morgan fingerprint density at radius 1 is 1.26 bits per heavy atom. The maximum absolute atomic E-state index is 12.7. The molecule has 0 bridgehead atoms. The topological polar surface area (TPSA) is 93.5 Å². The Hall–Kier alpha value is -2.83. The minimum atomic E-state index is -1.16. The highest BCUT2D eigenvalue weighted by molar-refractivity contribution is 5.95. The number of rotatable bonds is 6. The van der Waals surface area contributed by atoms with Crippen LogP contribution in [0.3, 0.4) is 0 Å². The van der Waals surface area contributed by atoms with Crippen LogP contribution in [0.4, 0.5) is 0 Å². The van der Waals surface area contributed by atoms with Crippen molar-refractivity contribution in [2.24, 2.45) is 0 Å². The van der Waals surface area contributed by atoms with Crippen LogP contribution in [0.2, 0.25) is 0 Å². The summed E-state index contributed by atoms with van der Waals surface area (Å²) >= 11 is 0. The van der Waals surface area contributed by atoms with Gasteiger partial charge in [0, 0.05) is 11.6 Å². The van der Waals surface area contributed by atoms with Gasteiger partial charge in [0.15, 0.2) is 11.7 Å². The number of aromatic nitrogens is 2. The second-order valence-corrected chi connectivity index (χ2v) is 7.83. The first kappa shape index (κ1) is 18.9. The molecule has 1 unspecified atom stereocenters. The molecule has 0 saturated heterocycles. The lowest BCUT2D eigenvalue weighted by molar-refractivity contribution is -0.139. The molecule has 1 amide bonds. The first-order valence-corrected chi connectivity index (χ1v) is 8.98. The van der Waals surface area contributed by atoms with Crippen molar-refractivity contribution < 1.29 is 19.4 Å². The van der Waals surface area contributed by atoms with E-state index in [9.17, 15) is 14.7 Å². The standard InChI is InChI=1S/C20H25N3O4/c1-20(2,3)23-16(12-5-6-12)11-15(22-23)18(24)21-17(19(25)26)13-7-9-14(27-4)10-8-13/h7-12,17H,5-6H2,1-4H3,(H,21,24)(H,25,26). The monoisotopic (exact) mass is 371 g/mol. The third kappa shape index (κ3) is 4.13. The van der Waals surface area contributed by atoms with Crippen molar-refractivity contribution in [2.45, 2.75) is 51.1 Å². The molecular formula is C20H25N3O4. The summed E-state index contributed by atoms with van der Waals surface area (Å²) in [6, 6.07) is 7.20. The molecule has 7 nitrogen and oxygen atoms in total. The van der Waals surface area contributed by atoms with Gasteiger partial charge in [-0.3, -0.25) is 9.48 Å². The predicted molar refractivity (Wildman–Crippen MR) is 100 cm³/mol. The van der Waals surface area contributed by atoms with E-state index in [1.54, 1.807) is 30.3 Å². The Morgan fingerprint density at radius 3 is 2.37 bits per heavy atom. The van der Waals surface area contributed by atoms with Crippen LogP contribution in [0.5, 0.6) is 5.75 Å². The van der Waals surface area contributed by atoms with E-state index in [1.807, 2.05) is 25.5 Å². The quantitative estimate of drug-likeness (QED) is 0.814. The second kappa shape index (κ2) is 7.06. The van der Waals surface area contributed by atoms with Gasteiger partial charge in [-0.05, 0) is 57.4 Å². The summed E-state index contributed by atoms with van der Waals surface area (Å²) in [6.45, 7) is 6.10. The fourth-order valence-electron chi connectivity index (χ4n) is 3.00. The zero-order chi connectivity index (χ0) is 19.8. The van der Waals surface area contributed by atoms with Crippen molar-refractivity contribution in [3.63, 3.8) is 0 Å². The first-order chi connectivity index (χ1) is 12.7. The number of aliphatic carboxylic acids is 1. The van der Waals surface area contributed by atoms with E-state index in [-0.39, 0.29) is 11.2 Å². The number of ether oxygens (including phenoxy) is 1. The highest BCUT2D eigenvalue weighted by Crippen LogP contribution is 2.41. The van der Waals surface area contributed by atoms with Crippen molar-refractivity contribution in [3.05, 3.63) is 47.3 Å². The van der Waals surface area contributed by atoms with Gasteiger partial charge < -0.3 is 15.2 Å². The van der Waals surface area contributed by atoms with E-state index >= 15 is 0 Å². The third-order valence-corrected chi connectivity index (χ3v) is 4.57. The lowest BCUT2D eigenvalue weighted by Crippen LogP contribution is -2.34. The van der Waals surface area contributed by atoms with Gasteiger partial charge in [-0.1, -0.05) is 12.1 Å². The van der Waals surface area contributed by atoms with Gasteiger partial charge >= 0.3 is 5.97 Å². The number of carboxylic acid groups (broad SMARTS) is 1. The molecule has 1 heterocycles. The number of carboxylic acids is 1. The van der Waals surface area contributed by atoms with E-state index in [0.29, 0.717) is 17.2 Å². The summed E-state index contributed by atoms with van der Waals surface area (Å²) in [4.78, 5) is 24.4. The number of methoxy groups -OCH3 is 1. The maximum atomic E-state index is 12.7. The number of hydrogen-bond acceptors (Lipinski definition) is 4. The number of nitrogens with zero attached hydrogens (tertiary/aromatic N) is 2. The molecule has 0 aliphatic heterocycles. The SMILES string of the molecule is COc1ccc(C(NC(=O)c2cc(C3CC3)n(C(C)(C)C)n2)C(=O)O)cc1. The van der Waals surface area contributed by atoms with Crippen LogP contribution in [0.15, 0.2) is 30.3 Å². The van der Waals surface area contributed by atoms with Gasteiger partial charge in [0.05, 0.1) is 12.6 Å². The highest BCUT2D eigenvalue weighted by atomic mass is 16.5. The molecule has 144 valence electrons. The molecule has 7 heteroatoms. The molecule has 1 aromatic carbocycles. The van der Waals surface area contributed by atoms with Crippen molar-refractivity contribution in [1.29, 1.82) is 0 Å². The molecule has 1 aromatic heterocycles. The van der Waals surface area contributed by atoms with E-state index in [0.717, 1.165) is 18.5 Å². The third-order valence-electron chi connectivity index (χ3n) is 4.57. The summed E-state index contributed by atoms with van der Waals surface area (Å²) in [5, 5.41) is 16.6. The lowest BCUT2D eigenvalue weighted by atomic mass is 10.1. The normalized spacial score (nSPS) is 15.3. The molecule has 1 fully saturated rings. The molecule has 1 saturated carbocycles. The van der Waals surface area contributed by atoms with Crippen molar-refractivity contribution in [2.75, 3.05) is 7.11 Å². The molecule has 1 aliphatic carbocycles. The summed E-state index contributed by atoms with van der Waals surface area (Å²) in [5.41, 5.74) is 1.49. The van der Waals surface area contributed by atoms with E-state index in [2.05, 4.69) is 10.4 Å². The molecule has 1 aliphatic rings. The van der Waals surface area contributed by atoms with Crippen molar-refractivity contribution in [3.8, 4) is 5.75 Å². The van der Waals surface area contributed by atoms with Crippen LogP contribution in [0.1, 0.15) is 67.3 Å². The molecular weight excluding hydrogens is 346 g/mol. The fourth-order valence-corrected chi connectivity index (χ4v) is 3.00. The van der Waals surface area contributed by atoms with Crippen LogP contribution in [-0.4, -0.2) is 33.9 Å². The average molecular weight is 371 g/mol. The summed E-state index contributed by atoms with van der Waals surface area (Å²) in [5.74, 6) is -0.586. The molecule has 27 heavy (non-hydrogen) atoms. The molecule has 0 spiro atoms. The second-order valence-electron chi connectivity index (χ2n) is 7.83. The Bertz CT molecular complexity index is 845. The summed E-state index contributed by atoms with van der Waals surface area (Å²) in [7, 11) is 1.54. The number of amides is 1. The molecule has 2 N–H and O–H groups in total. The molecule has 3 rings (SSSR count). The van der Waals surface area contributed by atoms with Gasteiger partial charge in [0.2, 0.25) is 0 Å². The van der Waals surface area contributed by atoms with Crippen LogP contribution >= 0.6 is 0 Å². The largest absolute Gasteiger partial charge is 0.497 e. The van der Waals surface area contributed by atoms with Gasteiger partial charge in [0.1, 0.15) is 5.75 Å². The zero-order valence-electron chi connectivity index (χ0n) is 16.0. The number of benzene rings is 1. The Morgan fingerprint density at radius 2 is 1.89 bits per heavy atom. The van der Waals surface area contributed by atoms with E-state index in [1.165, 1.54) is 7.11 Å². The summed E-state index contributed by atoms with van der Waals surface area (Å²) < 4.78 is 6.97. The molecule has 0 radical (unpaired) electrons. The van der Waals surface area contributed by atoms with Gasteiger partial charge in [-0.2, -0.15) is 5.10 Å². The minimum absolute atomic E-state index is 0.242. The molecule has 1 atom stereocenters. The zero-order valence-corrected chi connectivity index (χ0v) is 16.0. The van der Waals surface area contributed by atoms with E-state index < -0.39 is 17.9 Å². The van der Waals surface area contributed by atoms with E-state index in [4.69, 9.17) is 4.74 Å². The number of carbonyl (C=O) groups is 2. The lowest BCUT2D eigenvalue weighted by Gasteiger charge is -2.22. The smallest absolute Gasteiger partial charge is 0.330 e.